The van der Waals surface area contributed by atoms with Crippen LogP contribution in [0.5, 0.6) is 5.75 Å². The summed E-state index contributed by atoms with van der Waals surface area (Å²) in [7, 11) is 2.12. The highest BCUT2D eigenvalue weighted by atomic mass is 16.6. The van der Waals surface area contributed by atoms with Crippen LogP contribution in [0.1, 0.15) is 39.2 Å². The molecule has 2 fully saturated rings. The van der Waals surface area contributed by atoms with Crippen molar-refractivity contribution >= 4 is 18.2 Å². The molecule has 2 unspecified atom stereocenters. The predicted molar refractivity (Wildman–Crippen MR) is 128 cm³/mol. The second kappa shape index (κ2) is 11.6. The Hall–Kier alpha value is -3.01. The van der Waals surface area contributed by atoms with Crippen molar-refractivity contribution in [3.8, 4) is 5.75 Å². The smallest absolute Gasteiger partial charge is 0.410 e. The van der Waals surface area contributed by atoms with Crippen molar-refractivity contribution < 1.29 is 33.7 Å². The van der Waals surface area contributed by atoms with Crippen LogP contribution < -0.4 is 10.1 Å². The van der Waals surface area contributed by atoms with Crippen molar-refractivity contribution in [2.45, 2.75) is 57.8 Å². The third-order valence-corrected chi connectivity index (χ3v) is 6.05. The summed E-state index contributed by atoms with van der Waals surface area (Å²) < 4.78 is 16.4. The van der Waals surface area contributed by atoms with Gasteiger partial charge in [0.25, 0.3) is 0 Å². The Kier molecular flexibility index (Phi) is 8.82. The van der Waals surface area contributed by atoms with E-state index in [2.05, 4.69) is 17.3 Å². The summed E-state index contributed by atoms with van der Waals surface area (Å²) in [5.41, 5.74) is 0.00127. The van der Waals surface area contributed by atoms with E-state index in [1.807, 2.05) is 0 Å². The van der Waals surface area contributed by atoms with Gasteiger partial charge in [-0.2, -0.15) is 0 Å². The number of amides is 2. The first-order chi connectivity index (χ1) is 16.5. The number of benzene rings is 1. The summed E-state index contributed by atoms with van der Waals surface area (Å²) in [5, 5.41) is 11.8. The lowest BCUT2D eigenvalue weighted by Gasteiger charge is -2.30. The third kappa shape index (κ3) is 8.61. The Labute approximate surface area is 206 Å². The monoisotopic (exact) mass is 491 g/mol. The Morgan fingerprint density at radius 3 is 2.46 bits per heavy atom. The maximum absolute atomic E-state index is 12.2. The summed E-state index contributed by atoms with van der Waals surface area (Å²) in [6.07, 6.45) is 0.878. The number of carboxylic acid groups (broad SMARTS) is 1. The van der Waals surface area contributed by atoms with Crippen LogP contribution >= 0.6 is 0 Å². The zero-order valence-electron chi connectivity index (χ0n) is 21.0. The average molecular weight is 492 g/mol. The zero-order valence-corrected chi connectivity index (χ0v) is 21.0. The number of hydrogen-bond acceptors (Lipinski definition) is 7. The lowest BCUT2D eigenvalue weighted by Crippen LogP contribution is -2.44. The molecule has 0 saturated carbocycles. The molecule has 1 aromatic carbocycles. The minimum atomic E-state index is -1.15. The number of carbonyl (C=O) groups is 3. The number of alkyl carbamates (subject to hydrolysis) is 1. The average Bonchev–Trinajstić information content (AvgIpc) is 3.12. The molecule has 10 nitrogen and oxygen atoms in total. The molecule has 2 saturated heterocycles. The first kappa shape index (κ1) is 26.6. The molecule has 2 N–H and O–H groups in total. The molecule has 2 atom stereocenters. The first-order valence-corrected chi connectivity index (χ1v) is 12.1. The van der Waals surface area contributed by atoms with Gasteiger partial charge in [0.15, 0.2) is 6.10 Å². The molecule has 10 heteroatoms. The highest BCUT2D eigenvalue weighted by Gasteiger charge is 2.33. The van der Waals surface area contributed by atoms with Crippen LogP contribution in [0.3, 0.4) is 0 Å². The Bertz CT molecular complexity index is 876. The van der Waals surface area contributed by atoms with Gasteiger partial charge in [0.05, 0.1) is 6.54 Å². The first-order valence-electron chi connectivity index (χ1n) is 12.1. The van der Waals surface area contributed by atoms with E-state index >= 15 is 0 Å². The molecule has 35 heavy (non-hydrogen) atoms. The van der Waals surface area contributed by atoms with Crippen molar-refractivity contribution in [3.63, 3.8) is 0 Å². The topological polar surface area (TPSA) is 118 Å². The summed E-state index contributed by atoms with van der Waals surface area (Å²) in [6, 6.07) is 5.83. The van der Waals surface area contributed by atoms with Crippen molar-refractivity contribution in [2.75, 3.05) is 39.8 Å². The van der Waals surface area contributed by atoms with E-state index in [1.54, 1.807) is 49.9 Å². The highest BCUT2D eigenvalue weighted by Crippen LogP contribution is 2.22. The van der Waals surface area contributed by atoms with Crippen LogP contribution in [-0.4, -0.2) is 90.6 Å². The second-order valence-electron chi connectivity index (χ2n) is 10.4. The van der Waals surface area contributed by atoms with Crippen molar-refractivity contribution in [3.05, 3.63) is 29.8 Å². The third-order valence-electron chi connectivity index (χ3n) is 6.05. The second-order valence-corrected chi connectivity index (χ2v) is 10.4. The number of rotatable bonds is 9. The van der Waals surface area contributed by atoms with E-state index in [-0.39, 0.29) is 25.2 Å². The molecule has 3 rings (SSSR count). The number of nitrogens with zero attached hydrogens (tertiary/aromatic N) is 2. The van der Waals surface area contributed by atoms with E-state index in [9.17, 15) is 19.5 Å². The van der Waals surface area contributed by atoms with Gasteiger partial charge in [0, 0.05) is 13.0 Å². The fourth-order valence-corrected chi connectivity index (χ4v) is 4.16. The Balaban J connectivity index is 1.44. The number of carboxylic acids is 1. The number of nitrogens with one attached hydrogen (secondary N) is 1. The van der Waals surface area contributed by atoms with Crippen molar-refractivity contribution in [2.24, 2.45) is 5.92 Å². The Morgan fingerprint density at radius 2 is 1.86 bits per heavy atom. The van der Waals surface area contributed by atoms with E-state index < -0.39 is 23.7 Å². The van der Waals surface area contributed by atoms with Gasteiger partial charge in [-0.1, -0.05) is 12.1 Å². The lowest BCUT2D eigenvalue weighted by molar-refractivity contribution is -0.139. The number of aliphatic carboxylic acids is 1. The largest absolute Gasteiger partial charge is 0.490 e. The van der Waals surface area contributed by atoms with Gasteiger partial charge < -0.3 is 34.4 Å². The van der Waals surface area contributed by atoms with Gasteiger partial charge in [-0.3, -0.25) is 0 Å². The molecule has 0 radical (unpaired) electrons. The maximum atomic E-state index is 12.2. The van der Waals surface area contributed by atoms with Crippen LogP contribution in [0.15, 0.2) is 24.3 Å². The molecule has 2 aliphatic rings. The molecule has 0 bridgehead atoms. The number of hydrogen-bond donors (Lipinski definition) is 2. The van der Waals surface area contributed by atoms with Crippen LogP contribution in [0, 0.1) is 5.92 Å². The number of likely N-dealkylation sites (tertiary alicyclic amines) is 1. The quantitative estimate of drug-likeness (QED) is 0.542. The molecule has 2 heterocycles. The molecule has 2 aliphatic heterocycles. The zero-order chi connectivity index (χ0) is 25.6. The molecular weight excluding hydrogens is 454 g/mol. The summed E-state index contributed by atoms with van der Waals surface area (Å²) in [5.74, 6) is -0.0556. The van der Waals surface area contributed by atoms with Crippen LogP contribution in [0.25, 0.3) is 0 Å². The van der Waals surface area contributed by atoms with E-state index in [0.29, 0.717) is 18.2 Å². The molecule has 194 valence electrons. The summed E-state index contributed by atoms with van der Waals surface area (Å²) in [4.78, 5) is 39.8. The molecule has 1 aromatic rings. The minimum absolute atomic E-state index is 0.0982. The summed E-state index contributed by atoms with van der Waals surface area (Å²) >= 11 is 0. The fraction of sp³-hybridized carbons (Fsp3) is 0.640. The van der Waals surface area contributed by atoms with Crippen LogP contribution in [0.4, 0.5) is 9.59 Å². The number of ether oxygens (including phenoxy) is 3. The van der Waals surface area contributed by atoms with Crippen molar-refractivity contribution in [1.29, 1.82) is 0 Å². The Morgan fingerprint density at radius 1 is 1.20 bits per heavy atom. The van der Waals surface area contributed by atoms with Gasteiger partial charge in [0.1, 0.15) is 24.0 Å². The van der Waals surface area contributed by atoms with Gasteiger partial charge in [0.2, 0.25) is 0 Å². The molecule has 0 aromatic heterocycles. The van der Waals surface area contributed by atoms with Crippen molar-refractivity contribution in [1.82, 2.24) is 15.1 Å². The van der Waals surface area contributed by atoms with Gasteiger partial charge in [-0.05, 0) is 77.4 Å². The van der Waals surface area contributed by atoms with Gasteiger partial charge in [-0.15, -0.1) is 0 Å². The highest BCUT2D eigenvalue weighted by molar-refractivity contribution is 5.80. The minimum Gasteiger partial charge on any atom is -0.490 e. The van der Waals surface area contributed by atoms with E-state index in [0.717, 1.165) is 38.0 Å². The predicted octanol–water partition coefficient (Wildman–Crippen LogP) is 2.75. The van der Waals surface area contributed by atoms with Crippen LogP contribution in [-0.2, 0) is 20.7 Å². The fourth-order valence-electron chi connectivity index (χ4n) is 4.16. The SMILES string of the molecule is CN1CCC(CN2CC(COc3ccc(CC(NC(=O)OC(C)(C)C)C(=O)O)cc3)OC2=O)CC1. The molecular formula is C25H37N3O7. The maximum Gasteiger partial charge on any atom is 0.410 e. The van der Waals surface area contributed by atoms with E-state index in [1.165, 1.54) is 0 Å². The summed E-state index contributed by atoms with van der Waals surface area (Å²) in [6.45, 7) is 8.72. The number of carbonyl (C=O) groups excluding carboxylic acids is 2. The normalized spacial score (nSPS) is 20.3. The standard InChI is InChI=1S/C25H37N3O7/c1-25(2,3)35-23(31)26-21(22(29)30)13-17-5-7-19(8-6-17)33-16-20-15-28(24(32)34-20)14-18-9-11-27(4)12-10-18/h5-8,18,20-21H,9-16H2,1-4H3,(H,26,31)(H,29,30). The number of piperidine rings is 1. The van der Waals surface area contributed by atoms with Crippen LogP contribution in [0.2, 0.25) is 0 Å². The molecule has 0 spiro atoms. The van der Waals surface area contributed by atoms with E-state index in [4.69, 9.17) is 14.2 Å². The lowest BCUT2D eigenvalue weighted by atomic mass is 9.96. The van der Waals surface area contributed by atoms with Gasteiger partial charge in [-0.25, -0.2) is 14.4 Å². The molecule has 2 amide bonds. The number of cyclic esters (lactones) is 1. The van der Waals surface area contributed by atoms with Gasteiger partial charge >= 0.3 is 18.2 Å². The molecule has 0 aliphatic carbocycles.